The van der Waals surface area contributed by atoms with Crippen LogP contribution in [0.1, 0.15) is 17.5 Å². The Morgan fingerprint density at radius 3 is 2.16 bits per heavy atom. The molecule has 1 aromatic heterocycles. The van der Waals surface area contributed by atoms with Crippen LogP contribution in [0, 0.1) is 22.7 Å². The Morgan fingerprint density at radius 2 is 1.63 bits per heavy atom. The predicted octanol–water partition coefficient (Wildman–Crippen LogP) is 4.88. The van der Waals surface area contributed by atoms with E-state index in [4.69, 9.17) is 36.3 Å². The molecule has 3 aromatic rings. The Morgan fingerprint density at radius 1 is 1.00 bits per heavy atom. The predicted molar refractivity (Wildman–Crippen MR) is 145 cm³/mol. The first-order chi connectivity index (χ1) is 18.3. The second-order valence-electron chi connectivity index (χ2n) is 7.56. The summed E-state index contributed by atoms with van der Waals surface area (Å²) in [5.41, 5.74) is 7.55. The summed E-state index contributed by atoms with van der Waals surface area (Å²) in [5, 5.41) is 23.3. The summed E-state index contributed by atoms with van der Waals surface area (Å²) >= 11 is 7.29. The molecule has 10 nitrogen and oxygen atoms in total. The van der Waals surface area contributed by atoms with E-state index in [1.54, 1.807) is 30.3 Å². The van der Waals surface area contributed by atoms with Crippen LogP contribution in [-0.2, 0) is 4.79 Å². The maximum absolute atomic E-state index is 12.5. The van der Waals surface area contributed by atoms with Gasteiger partial charge in [0.05, 0.1) is 39.0 Å². The van der Waals surface area contributed by atoms with E-state index >= 15 is 0 Å². The Hall–Kier alpha value is -4.32. The minimum Gasteiger partial charge on any atom is -0.495 e. The van der Waals surface area contributed by atoms with Gasteiger partial charge in [0.1, 0.15) is 34.3 Å². The SMILES string of the molecule is COc1ccc(NC(=O)CCSc2nc(N)c(C#N)c(-c3cc(OC)c(OC)c(OC)c3)c2C#N)cc1Cl. The number of benzene rings is 2. The smallest absolute Gasteiger partial charge is 0.225 e. The van der Waals surface area contributed by atoms with Gasteiger partial charge in [-0.25, -0.2) is 4.98 Å². The number of carbonyl (C=O) groups is 1. The number of halogens is 1. The molecule has 0 atom stereocenters. The number of amides is 1. The van der Waals surface area contributed by atoms with Crippen molar-refractivity contribution in [3.05, 3.63) is 46.5 Å². The molecule has 196 valence electrons. The lowest BCUT2D eigenvalue weighted by atomic mass is 9.96. The number of thioether (sulfide) groups is 1. The topological polar surface area (TPSA) is 153 Å². The van der Waals surface area contributed by atoms with Crippen LogP contribution in [0.2, 0.25) is 5.02 Å². The highest BCUT2D eigenvalue weighted by Gasteiger charge is 2.23. The first-order valence-electron chi connectivity index (χ1n) is 11.0. The fourth-order valence-electron chi connectivity index (χ4n) is 3.62. The lowest BCUT2D eigenvalue weighted by molar-refractivity contribution is -0.115. The molecule has 0 radical (unpaired) electrons. The summed E-state index contributed by atoms with van der Waals surface area (Å²) in [5.74, 6) is 1.52. The molecule has 2 aromatic carbocycles. The Balaban J connectivity index is 1.91. The average Bonchev–Trinajstić information content (AvgIpc) is 2.91. The molecule has 0 saturated heterocycles. The molecule has 0 aliphatic heterocycles. The van der Waals surface area contributed by atoms with Gasteiger partial charge in [0.15, 0.2) is 11.5 Å². The number of hydrogen-bond acceptors (Lipinski definition) is 10. The zero-order valence-corrected chi connectivity index (χ0v) is 22.6. The number of nitrogens with two attached hydrogens (primary N) is 1. The minimum atomic E-state index is -0.260. The van der Waals surface area contributed by atoms with Crippen molar-refractivity contribution >= 4 is 40.8 Å². The molecule has 3 rings (SSSR count). The number of anilines is 2. The number of pyridine rings is 1. The molecule has 0 unspecified atom stereocenters. The molecular formula is C26H24ClN5O5S. The van der Waals surface area contributed by atoms with Crippen molar-refractivity contribution < 1.29 is 23.7 Å². The van der Waals surface area contributed by atoms with E-state index < -0.39 is 0 Å². The minimum absolute atomic E-state index is 0.0364. The number of nitriles is 2. The zero-order chi connectivity index (χ0) is 27.8. The van der Waals surface area contributed by atoms with Crippen molar-refractivity contribution in [2.24, 2.45) is 0 Å². The third-order valence-corrected chi connectivity index (χ3v) is 6.64. The van der Waals surface area contributed by atoms with Crippen molar-refractivity contribution in [3.8, 4) is 46.3 Å². The number of hydrogen-bond donors (Lipinski definition) is 2. The molecule has 0 bridgehead atoms. The van der Waals surface area contributed by atoms with Gasteiger partial charge in [-0.15, -0.1) is 11.8 Å². The number of carbonyl (C=O) groups excluding carboxylic acids is 1. The van der Waals surface area contributed by atoms with E-state index in [9.17, 15) is 15.3 Å². The Labute approximate surface area is 229 Å². The fourth-order valence-corrected chi connectivity index (χ4v) is 4.82. The van der Waals surface area contributed by atoms with Crippen molar-refractivity contribution in [1.29, 1.82) is 10.5 Å². The number of nitrogens with zero attached hydrogens (tertiary/aromatic N) is 3. The van der Waals surface area contributed by atoms with Crippen LogP contribution in [0.15, 0.2) is 35.4 Å². The summed E-state index contributed by atoms with van der Waals surface area (Å²) in [6.07, 6.45) is 0.111. The van der Waals surface area contributed by atoms with Crippen molar-refractivity contribution in [3.63, 3.8) is 0 Å². The van der Waals surface area contributed by atoms with Gasteiger partial charge in [0.25, 0.3) is 0 Å². The quantitative estimate of drug-likeness (QED) is 0.332. The van der Waals surface area contributed by atoms with E-state index in [0.717, 1.165) is 0 Å². The summed E-state index contributed by atoms with van der Waals surface area (Å²) in [6.45, 7) is 0. The second-order valence-corrected chi connectivity index (χ2v) is 9.05. The molecular weight excluding hydrogens is 530 g/mol. The molecule has 38 heavy (non-hydrogen) atoms. The molecule has 0 aliphatic carbocycles. The molecule has 1 amide bonds. The van der Waals surface area contributed by atoms with E-state index in [-0.39, 0.29) is 45.6 Å². The lowest BCUT2D eigenvalue weighted by Gasteiger charge is -2.17. The Bertz CT molecular complexity index is 1430. The molecule has 0 spiro atoms. The number of nitrogens with one attached hydrogen (secondary N) is 1. The largest absolute Gasteiger partial charge is 0.495 e. The van der Waals surface area contributed by atoms with E-state index in [2.05, 4.69) is 16.4 Å². The van der Waals surface area contributed by atoms with Crippen molar-refractivity contribution in [1.82, 2.24) is 4.98 Å². The first-order valence-corrected chi connectivity index (χ1v) is 12.4. The van der Waals surface area contributed by atoms with Crippen molar-refractivity contribution in [2.45, 2.75) is 11.4 Å². The Kier molecular flexibility index (Phi) is 9.49. The van der Waals surface area contributed by atoms with Crippen LogP contribution in [0.5, 0.6) is 23.0 Å². The second kappa shape index (κ2) is 12.8. The number of nitrogen functional groups attached to an aromatic ring is 1. The van der Waals surface area contributed by atoms with E-state index in [0.29, 0.717) is 39.3 Å². The van der Waals surface area contributed by atoms with E-state index in [1.165, 1.54) is 40.2 Å². The van der Waals surface area contributed by atoms with Gasteiger partial charge in [-0.05, 0) is 35.9 Å². The van der Waals surface area contributed by atoms with E-state index in [1.807, 2.05) is 6.07 Å². The normalized spacial score (nSPS) is 10.2. The van der Waals surface area contributed by atoms with Crippen LogP contribution in [-0.4, -0.2) is 45.1 Å². The molecule has 0 saturated carbocycles. The molecule has 0 aliphatic rings. The van der Waals surface area contributed by atoms with Crippen molar-refractivity contribution in [2.75, 3.05) is 45.2 Å². The van der Waals surface area contributed by atoms with Crippen LogP contribution in [0.4, 0.5) is 11.5 Å². The highest BCUT2D eigenvalue weighted by atomic mass is 35.5. The maximum atomic E-state index is 12.5. The number of ether oxygens (including phenoxy) is 4. The average molecular weight is 554 g/mol. The highest BCUT2D eigenvalue weighted by molar-refractivity contribution is 7.99. The highest BCUT2D eigenvalue weighted by Crippen LogP contribution is 2.44. The molecule has 0 fully saturated rings. The maximum Gasteiger partial charge on any atom is 0.225 e. The number of rotatable bonds is 10. The summed E-state index contributed by atoms with van der Waals surface area (Å²) in [7, 11) is 5.90. The third-order valence-electron chi connectivity index (χ3n) is 5.37. The molecule has 12 heteroatoms. The summed E-state index contributed by atoms with van der Waals surface area (Å²) in [4.78, 5) is 16.8. The molecule has 3 N–H and O–H groups in total. The monoisotopic (exact) mass is 553 g/mol. The van der Waals surface area contributed by atoms with Crippen LogP contribution in [0.25, 0.3) is 11.1 Å². The summed E-state index contributed by atoms with van der Waals surface area (Å²) in [6, 6.07) is 12.3. The van der Waals surface area contributed by atoms with Crippen LogP contribution < -0.4 is 30.0 Å². The van der Waals surface area contributed by atoms with Crippen LogP contribution >= 0.6 is 23.4 Å². The lowest BCUT2D eigenvalue weighted by Crippen LogP contribution is -2.12. The molecule has 1 heterocycles. The number of methoxy groups -OCH3 is 4. The van der Waals surface area contributed by atoms with Gasteiger partial charge >= 0.3 is 0 Å². The first kappa shape index (κ1) is 28.3. The fraction of sp³-hybridized carbons (Fsp3) is 0.231. The van der Waals surface area contributed by atoms with Gasteiger partial charge in [-0.3, -0.25) is 4.79 Å². The van der Waals surface area contributed by atoms with Gasteiger partial charge < -0.3 is 30.0 Å². The third kappa shape index (κ3) is 5.97. The van der Waals surface area contributed by atoms with Gasteiger partial charge in [-0.2, -0.15) is 10.5 Å². The summed E-state index contributed by atoms with van der Waals surface area (Å²) < 4.78 is 21.3. The van der Waals surface area contributed by atoms with Gasteiger partial charge in [0.2, 0.25) is 11.7 Å². The zero-order valence-electron chi connectivity index (χ0n) is 21.0. The van der Waals surface area contributed by atoms with Gasteiger partial charge in [-0.1, -0.05) is 11.6 Å². The standard InChI is InChI=1S/C26H24ClN5O5S/c1-34-19-6-5-15(11-18(19)27)31-22(33)7-8-38-26-17(13-29)23(16(12-28)25(30)32-26)14-9-20(35-2)24(37-4)21(10-14)36-3/h5-6,9-11H,7-8H2,1-4H3,(H2,30,32)(H,31,33). The number of aromatic nitrogens is 1. The van der Waals surface area contributed by atoms with Gasteiger partial charge in [0, 0.05) is 23.4 Å². The van der Waals surface area contributed by atoms with Crippen LogP contribution in [0.3, 0.4) is 0 Å².